The minimum atomic E-state index is -4.63. The molecule has 37 heavy (non-hydrogen) atoms. The number of benzene rings is 2. The fraction of sp³-hybridized carbons (Fsp3) is 0.280. The van der Waals surface area contributed by atoms with Crippen LogP contribution in [0.15, 0.2) is 57.0 Å². The number of halogens is 3. The highest BCUT2D eigenvalue weighted by molar-refractivity contribution is 5.87. The van der Waals surface area contributed by atoms with Crippen molar-refractivity contribution in [3.05, 3.63) is 96.2 Å². The van der Waals surface area contributed by atoms with Crippen molar-refractivity contribution >= 4 is 17.0 Å². The summed E-state index contributed by atoms with van der Waals surface area (Å²) < 4.78 is 44.3. The van der Waals surface area contributed by atoms with Gasteiger partial charge in [0.1, 0.15) is 5.56 Å². The molecule has 2 heterocycles. The number of H-pyrrole nitrogens is 1. The van der Waals surface area contributed by atoms with E-state index in [9.17, 15) is 37.5 Å². The number of aromatic nitrogens is 4. The Balaban J connectivity index is 1.84. The third-order valence-corrected chi connectivity index (χ3v) is 7.27. The molecule has 4 aromatic rings. The van der Waals surface area contributed by atoms with Crippen molar-refractivity contribution in [1.82, 2.24) is 18.7 Å². The van der Waals surface area contributed by atoms with E-state index in [0.717, 1.165) is 21.4 Å². The van der Waals surface area contributed by atoms with Crippen molar-refractivity contribution in [2.75, 3.05) is 0 Å². The van der Waals surface area contributed by atoms with Gasteiger partial charge < -0.3 is 10.1 Å². The van der Waals surface area contributed by atoms with E-state index >= 15 is 0 Å². The van der Waals surface area contributed by atoms with Gasteiger partial charge in [-0.05, 0) is 54.7 Å². The number of imidazole rings is 1. The first kappa shape index (κ1) is 24.3. The molecule has 2 N–H and O–H groups in total. The first-order valence-corrected chi connectivity index (χ1v) is 11.4. The third-order valence-electron chi connectivity index (χ3n) is 7.27. The zero-order chi connectivity index (χ0) is 26.9. The van der Waals surface area contributed by atoms with Gasteiger partial charge in [-0.15, -0.1) is 0 Å². The second kappa shape index (κ2) is 8.08. The maximum Gasteiger partial charge on any atom is 0.416 e. The van der Waals surface area contributed by atoms with Crippen LogP contribution in [0.25, 0.3) is 16.7 Å². The van der Waals surface area contributed by atoms with Crippen LogP contribution in [0.5, 0.6) is 0 Å². The molecule has 0 saturated carbocycles. The second-order valence-electron chi connectivity index (χ2n) is 9.05. The first-order valence-electron chi connectivity index (χ1n) is 11.4. The van der Waals surface area contributed by atoms with E-state index in [1.165, 1.54) is 28.8 Å². The summed E-state index contributed by atoms with van der Waals surface area (Å²) in [6, 6.07) is 8.13. The van der Waals surface area contributed by atoms with Crippen LogP contribution in [0.1, 0.15) is 46.8 Å². The second-order valence-corrected chi connectivity index (χ2v) is 9.05. The van der Waals surface area contributed by atoms with Gasteiger partial charge in [0.2, 0.25) is 0 Å². The lowest BCUT2D eigenvalue weighted by molar-refractivity contribution is -0.138. The number of alkyl halides is 3. The minimum Gasteiger partial charge on any atom is -0.477 e. The highest BCUT2D eigenvalue weighted by atomic mass is 19.4. The number of fused-ring (bicyclic) bond motifs is 2. The number of carbonyl (C=O) groups is 1. The quantitative estimate of drug-likeness (QED) is 0.434. The number of aryl methyl sites for hydroxylation is 1. The molecule has 1 aliphatic rings. The summed E-state index contributed by atoms with van der Waals surface area (Å²) in [6.45, 7) is 1.64. The highest BCUT2D eigenvalue weighted by Gasteiger charge is 2.46. The molecular formula is C25H21F3N4O5. The van der Waals surface area contributed by atoms with E-state index in [1.54, 1.807) is 20.0 Å². The van der Waals surface area contributed by atoms with Gasteiger partial charge in [0.25, 0.3) is 5.56 Å². The number of nitrogens with one attached hydrogen (secondary N) is 1. The van der Waals surface area contributed by atoms with Gasteiger partial charge in [-0.25, -0.2) is 19.0 Å². The fourth-order valence-electron chi connectivity index (χ4n) is 5.42. The molecule has 1 unspecified atom stereocenters. The summed E-state index contributed by atoms with van der Waals surface area (Å²) in [5, 5.41) is 9.78. The molecule has 0 bridgehead atoms. The van der Waals surface area contributed by atoms with Gasteiger partial charge in [0.05, 0.1) is 27.8 Å². The van der Waals surface area contributed by atoms with Crippen LogP contribution in [0.4, 0.5) is 13.2 Å². The van der Waals surface area contributed by atoms with E-state index in [1.807, 2.05) is 0 Å². The SMILES string of the molecule is CCC1(n2c(=O)c(C(=O)O)cn(-c3ccc4c(c3)[nH]c(=O)n4C)c2=O)CCc2c(C(F)(F)F)cccc21. The molecular weight excluding hydrogens is 493 g/mol. The Morgan fingerprint density at radius 1 is 1.16 bits per heavy atom. The average Bonchev–Trinajstić information content (AvgIpc) is 3.35. The van der Waals surface area contributed by atoms with Crippen LogP contribution < -0.4 is 16.9 Å². The number of aromatic carboxylic acids is 1. The van der Waals surface area contributed by atoms with Crippen LogP contribution in [0.3, 0.4) is 0 Å². The molecule has 9 nitrogen and oxygen atoms in total. The molecule has 12 heteroatoms. The molecule has 192 valence electrons. The lowest BCUT2D eigenvalue weighted by atomic mass is 9.87. The lowest BCUT2D eigenvalue weighted by Gasteiger charge is -2.32. The smallest absolute Gasteiger partial charge is 0.416 e. The average molecular weight is 514 g/mol. The molecule has 0 aliphatic heterocycles. The van der Waals surface area contributed by atoms with Crippen LogP contribution in [0, 0.1) is 0 Å². The lowest BCUT2D eigenvalue weighted by Crippen LogP contribution is -2.52. The molecule has 0 spiro atoms. The van der Waals surface area contributed by atoms with Gasteiger partial charge in [-0.1, -0.05) is 19.1 Å². The van der Waals surface area contributed by atoms with E-state index in [4.69, 9.17) is 0 Å². The van der Waals surface area contributed by atoms with Crippen LogP contribution in [-0.2, 0) is 25.2 Å². The summed E-state index contributed by atoms with van der Waals surface area (Å²) >= 11 is 0. The Labute approximate surface area is 206 Å². The van der Waals surface area contributed by atoms with Gasteiger partial charge >= 0.3 is 23.5 Å². The molecule has 1 atom stereocenters. The van der Waals surface area contributed by atoms with Crippen molar-refractivity contribution in [2.45, 2.75) is 37.9 Å². The number of aromatic amines is 1. The van der Waals surface area contributed by atoms with Crippen molar-refractivity contribution < 1.29 is 23.1 Å². The summed E-state index contributed by atoms with van der Waals surface area (Å²) in [5.74, 6) is -1.59. The summed E-state index contributed by atoms with van der Waals surface area (Å²) in [4.78, 5) is 53.9. The van der Waals surface area contributed by atoms with Crippen LogP contribution in [-0.4, -0.2) is 29.8 Å². The Morgan fingerprint density at radius 2 is 1.89 bits per heavy atom. The van der Waals surface area contributed by atoms with Crippen molar-refractivity contribution in [1.29, 1.82) is 0 Å². The third kappa shape index (κ3) is 3.46. The van der Waals surface area contributed by atoms with Gasteiger partial charge in [0, 0.05) is 13.2 Å². The van der Waals surface area contributed by atoms with Crippen molar-refractivity contribution in [2.24, 2.45) is 7.05 Å². The Morgan fingerprint density at radius 3 is 2.54 bits per heavy atom. The largest absolute Gasteiger partial charge is 0.477 e. The number of carboxylic acid groups (broad SMARTS) is 1. The monoisotopic (exact) mass is 514 g/mol. The number of hydrogen-bond donors (Lipinski definition) is 2. The van der Waals surface area contributed by atoms with Crippen LogP contribution >= 0.6 is 0 Å². The molecule has 2 aromatic carbocycles. The number of nitrogens with zero attached hydrogens (tertiary/aromatic N) is 3. The summed E-state index contributed by atoms with van der Waals surface area (Å²) in [5.41, 5.74) is -4.22. The van der Waals surface area contributed by atoms with Gasteiger partial charge in [-0.3, -0.25) is 13.9 Å². The van der Waals surface area contributed by atoms with E-state index < -0.39 is 45.8 Å². The van der Waals surface area contributed by atoms with Crippen LogP contribution in [0.2, 0.25) is 0 Å². The number of carboxylic acids is 1. The molecule has 5 rings (SSSR count). The van der Waals surface area contributed by atoms with Gasteiger partial charge in [0.15, 0.2) is 0 Å². The topological polar surface area (TPSA) is 119 Å². The summed E-state index contributed by atoms with van der Waals surface area (Å²) in [6.07, 6.45) is -3.69. The maximum atomic E-state index is 13.8. The fourth-order valence-corrected chi connectivity index (χ4v) is 5.42. The Kier molecular flexibility index (Phi) is 5.32. The highest BCUT2D eigenvalue weighted by Crippen LogP contribution is 2.46. The van der Waals surface area contributed by atoms with Crippen molar-refractivity contribution in [3.8, 4) is 5.69 Å². The number of hydrogen-bond acceptors (Lipinski definition) is 4. The number of rotatable bonds is 4. The normalized spacial score (nSPS) is 17.3. The molecule has 1 aliphatic carbocycles. The van der Waals surface area contributed by atoms with E-state index in [0.29, 0.717) is 11.0 Å². The summed E-state index contributed by atoms with van der Waals surface area (Å²) in [7, 11) is 1.55. The molecule has 0 saturated heterocycles. The zero-order valence-corrected chi connectivity index (χ0v) is 19.7. The molecule has 0 fully saturated rings. The predicted octanol–water partition coefficient (Wildman–Crippen LogP) is 3.00. The first-order chi connectivity index (χ1) is 17.4. The van der Waals surface area contributed by atoms with Crippen molar-refractivity contribution in [3.63, 3.8) is 0 Å². The molecule has 0 amide bonds. The molecule has 2 aromatic heterocycles. The predicted molar refractivity (Wildman–Crippen MR) is 127 cm³/mol. The van der Waals surface area contributed by atoms with E-state index in [-0.39, 0.29) is 36.1 Å². The zero-order valence-electron chi connectivity index (χ0n) is 19.7. The Hall–Kier alpha value is -4.35. The maximum absolute atomic E-state index is 13.8. The minimum absolute atomic E-state index is 0.00911. The van der Waals surface area contributed by atoms with E-state index in [2.05, 4.69) is 4.98 Å². The Bertz CT molecular complexity index is 1780. The van der Waals surface area contributed by atoms with Gasteiger partial charge in [-0.2, -0.15) is 13.2 Å². The standard InChI is InChI=1S/C25H21F3N4O5/c1-3-24(10-9-14-16(24)5-4-6-17(14)25(26,27)28)32-20(33)15(21(34)35)12-31(23(32)37)13-7-8-19-18(11-13)29-22(36)30(19)2/h4-8,11-12H,3,9-10H2,1-2H3,(H,29,36)(H,34,35). The molecule has 0 radical (unpaired) electrons.